The summed E-state index contributed by atoms with van der Waals surface area (Å²) in [5.74, 6) is 0. The fraction of sp³-hybridized carbons (Fsp3) is 0.111. The van der Waals surface area contributed by atoms with E-state index in [1.807, 2.05) is 0 Å². The van der Waals surface area contributed by atoms with E-state index in [1.165, 1.54) is 16.7 Å². The van der Waals surface area contributed by atoms with Crippen LogP contribution in [-0.2, 0) is 6.54 Å². The van der Waals surface area contributed by atoms with Crippen molar-refractivity contribution in [3.05, 3.63) is 55.9 Å². The minimum atomic E-state index is -0.254. The molecule has 7 heteroatoms. The highest BCUT2D eigenvalue weighted by molar-refractivity contribution is 6.30. The van der Waals surface area contributed by atoms with Gasteiger partial charge in [0.1, 0.15) is 5.65 Å². The summed E-state index contributed by atoms with van der Waals surface area (Å²) in [4.78, 5) is 18.4. The van der Waals surface area contributed by atoms with Gasteiger partial charge < -0.3 is 0 Å². The molecule has 0 amide bonds. The lowest BCUT2D eigenvalue weighted by Crippen LogP contribution is -2.15. The number of fused-ring (bicyclic) bond motifs is 1. The van der Waals surface area contributed by atoms with Gasteiger partial charge in [-0.25, -0.2) is 4.98 Å². The highest BCUT2D eigenvalue weighted by atomic mass is 35.5. The third kappa shape index (κ3) is 1.98. The maximum atomic E-state index is 11.6. The van der Waals surface area contributed by atoms with Gasteiger partial charge in [0.05, 0.1) is 17.3 Å². The molecular formula is C9H6ClN5O. The summed E-state index contributed by atoms with van der Waals surface area (Å²) in [7, 11) is 0. The Labute approximate surface area is 94.7 Å². The Bertz CT molecular complexity index is 644. The van der Waals surface area contributed by atoms with E-state index in [2.05, 4.69) is 15.0 Å². The highest BCUT2D eigenvalue weighted by Gasteiger charge is 2.01. The molecule has 2 heterocycles. The van der Waals surface area contributed by atoms with Crippen molar-refractivity contribution in [3.63, 3.8) is 0 Å². The standard InChI is InChI=1S/C9H6ClN5O/c10-6-1-2-8-13-7(4-12-14-11)3-9(16)15(8)5-6/h1-3,5H,4H2. The molecule has 0 unspecified atom stereocenters. The van der Waals surface area contributed by atoms with Gasteiger partial charge in [0, 0.05) is 17.2 Å². The highest BCUT2D eigenvalue weighted by Crippen LogP contribution is 2.08. The van der Waals surface area contributed by atoms with Crippen LogP contribution in [0, 0.1) is 0 Å². The van der Waals surface area contributed by atoms with Crippen LogP contribution in [0.15, 0.2) is 34.3 Å². The first-order chi connectivity index (χ1) is 7.70. The minimum absolute atomic E-state index is 0.0604. The van der Waals surface area contributed by atoms with E-state index in [4.69, 9.17) is 17.1 Å². The normalized spacial score (nSPS) is 10.1. The van der Waals surface area contributed by atoms with Gasteiger partial charge in [0.2, 0.25) is 0 Å². The maximum absolute atomic E-state index is 11.6. The Morgan fingerprint density at radius 2 is 2.38 bits per heavy atom. The quantitative estimate of drug-likeness (QED) is 0.454. The lowest BCUT2D eigenvalue weighted by Gasteiger charge is -2.01. The Balaban J connectivity index is 2.63. The van der Waals surface area contributed by atoms with E-state index in [1.54, 1.807) is 12.1 Å². The Hall–Kier alpha value is -2.04. The number of hydrogen-bond acceptors (Lipinski definition) is 3. The molecule has 0 fully saturated rings. The number of hydrogen-bond donors (Lipinski definition) is 0. The van der Waals surface area contributed by atoms with Crippen molar-refractivity contribution >= 4 is 17.2 Å². The van der Waals surface area contributed by atoms with Crippen molar-refractivity contribution in [2.24, 2.45) is 5.11 Å². The summed E-state index contributed by atoms with van der Waals surface area (Å²) < 4.78 is 1.34. The lowest BCUT2D eigenvalue weighted by atomic mass is 10.4. The Kier molecular flexibility index (Phi) is 2.76. The fourth-order valence-corrected chi connectivity index (χ4v) is 1.47. The lowest BCUT2D eigenvalue weighted by molar-refractivity contribution is 0.935. The zero-order valence-corrected chi connectivity index (χ0v) is 8.79. The van der Waals surface area contributed by atoms with Crippen molar-refractivity contribution in [1.82, 2.24) is 9.38 Å². The van der Waals surface area contributed by atoms with Crippen LogP contribution in [0.5, 0.6) is 0 Å². The van der Waals surface area contributed by atoms with Crippen LogP contribution in [0.4, 0.5) is 0 Å². The summed E-state index contributed by atoms with van der Waals surface area (Å²) in [5, 5.41) is 3.81. The van der Waals surface area contributed by atoms with Crippen molar-refractivity contribution < 1.29 is 0 Å². The molecule has 0 spiro atoms. The van der Waals surface area contributed by atoms with Crippen molar-refractivity contribution in [2.75, 3.05) is 0 Å². The van der Waals surface area contributed by atoms with Crippen LogP contribution in [0.25, 0.3) is 16.1 Å². The molecule has 0 saturated carbocycles. The van der Waals surface area contributed by atoms with Crippen molar-refractivity contribution in [3.8, 4) is 0 Å². The fourth-order valence-electron chi connectivity index (χ4n) is 1.31. The first-order valence-electron chi connectivity index (χ1n) is 4.39. The van der Waals surface area contributed by atoms with Gasteiger partial charge in [0.15, 0.2) is 0 Å². The Morgan fingerprint density at radius 1 is 1.56 bits per heavy atom. The summed E-state index contributed by atoms with van der Waals surface area (Å²) in [5.41, 5.74) is 8.83. The van der Waals surface area contributed by atoms with Crippen LogP contribution in [0.3, 0.4) is 0 Å². The SMILES string of the molecule is [N-]=[N+]=NCc1cc(=O)n2cc(Cl)ccc2n1. The molecular weight excluding hydrogens is 230 g/mol. The molecule has 0 atom stereocenters. The second-order valence-electron chi connectivity index (χ2n) is 3.05. The second-order valence-corrected chi connectivity index (χ2v) is 3.49. The van der Waals surface area contributed by atoms with Crippen LogP contribution in [-0.4, -0.2) is 9.38 Å². The van der Waals surface area contributed by atoms with Crippen LogP contribution in [0.1, 0.15) is 5.69 Å². The number of aromatic nitrogens is 2. The predicted octanol–water partition coefficient (Wildman–Crippen LogP) is 2.16. The number of pyridine rings is 1. The molecule has 0 aromatic carbocycles. The summed E-state index contributed by atoms with van der Waals surface area (Å²) in [6.45, 7) is 0.0604. The van der Waals surface area contributed by atoms with Gasteiger partial charge in [-0.2, -0.15) is 0 Å². The van der Waals surface area contributed by atoms with Gasteiger partial charge in [0.25, 0.3) is 5.56 Å². The molecule has 0 aliphatic rings. The molecule has 80 valence electrons. The first kappa shape index (κ1) is 10.5. The van der Waals surface area contributed by atoms with Gasteiger partial charge in [-0.3, -0.25) is 9.20 Å². The smallest absolute Gasteiger partial charge is 0.258 e. The third-order valence-electron chi connectivity index (χ3n) is 1.97. The molecule has 2 aromatic heterocycles. The van der Waals surface area contributed by atoms with Crippen molar-refractivity contribution in [1.29, 1.82) is 0 Å². The largest absolute Gasteiger partial charge is 0.269 e. The average Bonchev–Trinajstić information content (AvgIpc) is 2.27. The molecule has 0 aliphatic heterocycles. The van der Waals surface area contributed by atoms with Gasteiger partial charge >= 0.3 is 0 Å². The molecule has 0 saturated heterocycles. The average molecular weight is 236 g/mol. The first-order valence-corrected chi connectivity index (χ1v) is 4.77. The summed E-state index contributed by atoms with van der Waals surface area (Å²) in [6, 6.07) is 4.59. The third-order valence-corrected chi connectivity index (χ3v) is 2.20. The molecule has 0 N–H and O–H groups in total. The second kappa shape index (κ2) is 4.22. The van der Waals surface area contributed by atoms with E-state index in [9.17, 15) is 4.79 Å². The van der Waals surface area contributed by atoms with E-state index < -0.39 is 0 Å². The van der Waals surface area contributed by atoms with Crippen LogP contribution < -0.4 is 5.56 Å². The minimum Gasteiger partial charge on any atom is -0.269 e. The van der Waals surface area contributed by atoms with Gasteiger partial charge in [-0.1, -0.05) is 16.7 Å². The Morgan fingerprint density at radius 3 is 3.12 bits per heavy atom. The van der Waals surface area contributed by atoms with E-state index in [0.717, 1.165) is 0 Å². The van der Waals surface area contributed by atoms with E-state index in [0.29, 0.717) is 16.4 Å². The van der Waals surface area contributed by atoms with E-state index >= 15 is 0 Å². The predicted molar refractivity (Wildman–Crippen MR) is 59.3 cm³/mol. The summed E-state index contributed by atoms with van der Waals surface area (Å²) in [6.07, 6.45) is 1.49. The maximum Gasteiger partial charge on any atom is 0.258 e. The number of nitrogens with zero attached hydrogens (tertiary/aromatic N) is 5. The van der Waals surface area contributed by atoms with Gasteiger partial charge in [-0.05, 0) is 17.7 Å². The number of azide groups is 1. The molecule has 0 radical (unpaired) electrons. The molecule has 6 nitrogen and oxygen atoms in total. The molecule has 0 bridgehead atoms. The van der Waals surface area contributed by atoms with E-state index in [-0.39, 0.29) is 12.1 Å². The van der Waals surface area contributed by atoms with Crippen LogP contribution >= 0.6 is 11.6 Å². The zero-order chi connectivity index (χ0) is 11.5. The topological polar surface area (TPSA) is 83.1 Å². The zero-order valence-electron chi connectivity index (χ0n) is 8.04. The number of halogens is 1. The molecule has 2 aromatic rings. The van der Waals surface area contributed by atoms with Gasteiger partial charge in [-0.15, -0.1) is 0 Å². The van der Waals surface area contributed by atoms with Crippen LogP contribution in [0.2, 0.25) is 5.02 Å². The molecule has 2 rings (SSSR count). The van der Waals surface area contributed by atoms with Crippen molar-refractivity contribution in [2.45, 2.75) is 6.54 Å². The summed E-state index contributed by atoms with van der Waals surface area (Å²) >= 11 is 5.76. The molecule has 0 aliphatic carbocycles. The molecule has 16 heavy (non-hydrogen) atoms. The monoisotopic (exact) mass is 235 g/mol. The number of rotatable bonds is 2.